The minimum absolute atomic E-state index is 0.106. The predicted octanol–water partition coefficient (Wildman–Crippen LogP) is 2.94. The van der Waals surface area contributed by atoms with E-state index in [0.717, 1.165) is 29.8 Å². The van der Waals surface area contributed by atoms with Crippen molar-refractivity contribution in [1.29, 1.82) is 0 Å². The lowest BCUT2D eigenvalue weighted by atomic mass is 10.1. The fourth-order valence-corrected chi connectivity index (χ4v) is 2.49. The Morgan fingerprint density at radius 2 is 2.00 bits per heavy atom. The van der Waals surface area contributed by atoms with Gasteiger partial charge in [0.05, 0.1) is 4.92 Å². The van der Waals surface area contributed by atoms with Gasteiger partial charge in [-0.05, 0) is 30.2 Å². The number of hydrogen-bond acceptors (Lipinski definition) is 3. The van der Waals surface area contributed by atoms with E-state index in [4.69, 9.17) is 0 Å². The van der Waals surface area contributed by atoms with Crippen LogP contribution in [0.4, 0.5) is 15.8 Å². The van der Waals surface area contributed by atoms with Gasteiger partial charge in [0.25, 0.3) is 5.91 Å². The Balaban J connectivity index is 1.94. The molecule has 0 saturated heterocycles. The lowest BCUT2D eigenvalue weighted by molar-refractivity contribution is -0.387. The number of para-hydroxylation sites is 1. The van der Waals surface area contributed by atoms with Crippen molar-refractivity contribution in [3.05, 3.63) is 69.5 Å². The van der Waals surface area contributed by atoms with E-state index in [0.29, 0.717) is 6.54 Å². The van der Waals surface area contributed by atoms with Gasteiger partial charge in [-0.3, -0.25) is 14.9 Å². The number of nitro groups is 1. The Morgan fingerprint density at radius 1 is 1.24 bits per heavy atom. The van der Waals surface area contributed by atoms with E-state index < -0.39 is 16.4 Å². The lowest BCUT2D eigenvalue weighted by Crippen LogP contribution is -2.28. The Bertz CT molecular complexity index is 745. The number of carbonyl (C=O) groups is 1. The van der Waals surface area contributed by atoms with Crippen LogP contribution in [-0.4, -0.2) is 17.4 Å². The normalized spacial score (nSPS) is 13.1. The first-order valence-corrected chi connectivity index (χ1v) is 6.41. The molecule has 3 rings (SSSR count). The molecule has 0 unspecified atom stereocenters. The molecule has 1 heterocycles. The molecule has 0 aromatic heterocycles. The van der Waals surface area contributed by atoms with E-state index in [-0.39, 0.29) is 11.5 Å². The third-order valence-corrected chi connectivity index (χ3v) is 3.52. The summed E-state index contributed by atoms with van der Waals surface area (Å²) in [5.74, 6) is -1.35. The minimum atomic E-state index is -1.00. The summed E-state index contributed by atoms with van der Waals surface area (Å²) in [5.41, 5.74) is 1.35. The topological polar surface area (TPSA) is 63.4 Å². The van der Waals surface area contributed by atoms with Gasteiger partial charge in [0.1, 0.15) is 0 Å². The number of nitrogens with zero attached hydrogens (tertiary/aromatic N) is 2. The molecule has 0 N–H and O–H groups in total. The molecule has 0 bridgehead atoms. The number of halogens is 1. The number of nitro benzene ring substituents is 1. The Labute approximate surface area is 119 Å². The first-order chi connectivity index (χ1) is 10.1. The average Bonchev–Trinajstić information content (AvgIpc) is 2.90. The Hall–Kier alpha value is -2.76. The number of fused-ring (bicyclic) bond motifs is 1. The van der Waals surface area contributed by atoms with Crippen LogP contribution in [0.3, 0.4) is 0 Å². The third kappa shape index (κ3) is 2.24. The van der Waals surface area contributed by atoms with Crippen molar-refractivity contribution in [3.63, 3.8) is 0 Å². The van der Waals surface area contributed by atoms with Gasteiger partial charge < -0.3 is 4.90 Å². The third-order valence-electron chi connectivity index (χ3n) is 3.52. The largest absolute Gasteiger partial charge is 0.308 e. The summed E-state index contributed by atoms with van der Waals surface area (Å²) < 4.78 is 13.6. The molecule has 0 saturated carbocycles. The summed E-state index contributed by atoms with van der Waals surface area (Å²) in [6, 6.07) is 10.7. The maximum absolute atomic E-state index is 13.6. The highest BCUT2D eigenvalue weighted by Gasteiger charge is 2.26. The van der Waals surface area contributed by atoms with Gasteiger partial charge in [-0.15, -0.1) is 0 Å². The first kappa shape index (κ1) is 13.2. The highest BCUT2D eigenvalue weighted by molar-refractivity contribution is 6.07. The number of amides is 1. The molecule has 1 amide bonds. The summed E-state index contributed by atoms with van der Waals surface area (Å²) >= 11 is 0. The standard InChI is InChI=1S/C15H11FN2O3/c16-12-9-11(5-6-14(12)18(20)21)15(19)17-8-7-10-3-1-2-4-13(10)17/h1-6,9H,7-8H2. The second kappa shape index (κ2) is 4.97. The van der Waals surface area contributed by atoms with Crippen LogP contribution in [0.1, 0.15) is 15.9 Å². The zero-order chi connectivity index (χ0) is 15.0. The van der Waals surface area contributed by atoms with Gasteiger partial charge in [-0.1, -0.05) is 18.2 Å². The Morgan fingerprint density at radius 3 is 2.71 bits per heavy atom. The van der Waals surface area contributed by atoms with Crippen molar-refractivity contribution in [1.82, 2.24) is 0 Å². The quantitative estimate of drug-likeness (QED) is 0.630. The molecule has 2 aromatic rings. The van der Waals surface area contributed by atoms with E-state index in [2.05, 4.69) is 0 Å². The van der Waals surface area contributed by atoms with Crippen molar-refractivity contribution in [2.24, 2.45) is 0 Å². The van der Waals surface area contributed by atoms with Crippen molar-refractivity contribution in [2.45, 2.75) is 6.42 Å². The molecule has 5 nitrogen and oxygen atoms in total. The van der Waals surface area contributed by atoms with Crippen molar-refractivity contribution in [3.8, 4) is 0 Å². The van der Waals surface area contributed by atoms with Crippen LogP contribution in [0.15, 0.2) is 42.5 Å². The molecular weight excluding hydrogens is 275 g/mol. The summed E-state index contributed by atoms with van der Waals surface area (Å²) in [4.78, 5) is 23.8. The Kier molecular flexibility index (Phi) is 3.13. The zero-order valence-corrected chi connectivity index (χ0v) is 11.0. The van der Waals surface area contributed by atoms with E-state index in [9.17, 15) is 19.3 Å². The van der Waals surface area contributed by atoms with E-state index >= 15 is 0 Å². The van der Waals surface area contributed by atoms with E-state index in [1.54, 1.807) is 4.90 Å². The first-order valence-electron chi connectivity index (χ1n) is 6.41. The number of carbonyl (C=O) groups excluding carboxylic acids is 1. The van der Waals surface area contributed by atoms with Gasteiger partial charge in [-0.2, -0.15) is 4.39 Å². The van der Waals surface area contributed by atoms with Gasteiger partial charge in [-0.25, -0.2) is 0 Å². The van der Waals surface area contributed by atoms with Crippen LogP contribution in [0.25, 0.3) is 0 Å². The maximum atomic E-state index is 13.6. The van der Waals surface area contributed by atoms with Crippen LogP contribution < -0.4 is 4.90 Å². The molecular formula is C15H11FN2O3. The van der Waals surface area contributed by atoms with Crippen LogP contribution in [0, 0.1) is 15.9 Å². The molecule has 106 valence electrons. The molecule has 2 aromatic carbocycles. The number of hydrogen-bond donors (Lipinski definition) is 0. The average molecular weight is 286 g/mol. The van der Waals surface area contributed by atoms with Crippen molar-refractivity contribution < 1.29 is 14.1 Å². The molecule has 0 spiro atoms. The van der Waals surface area contributed by atoms with Gasteiger partial charge in [0.15, 0.2) is 0 Å². The second-order valence-corrected chi connectivity index (χ2v) is 4.76. The fourth-order valence-electron chi connectivity index (χ4n) is 2.49. The van der Waals surface area contributed by atoms with Crippen LogP contribution in [-0.2, 0) is 6.42 Å². The van der Waals surface area contributed by atoms with Gasteiger partial charge >= 0.3 is 5.69 Å². The van der Waals surface area contributed by atoms with Crippen LogP contribution >= 0.6 is 0 Å². The van der Waals surface area contributed by atoms with Gasteiger partial charge in [0, 0.05) is 23.9 Å². The molecule has 0 atom stereocenters. The highest BCUT2D eigenvalue weighted by atomic mass is 19.1. The summed E-state index contributed by atoms with van der Waals surface area (Å²) in [7, 11) is 0. The van der Waals surface area contributed by atoms with E-state index in [1.165, 1.54) is 6.07 Å². The molecule has 1 aliphatic heterocycles. The zero-order valence-electron chi connectivity index (χ0n) is 11.0. The van der Waals surface area contributed by atoms with Crippen molar-refractivity contribution >= 4 is 17.3 Å². The molecule has 21 heavy (non-hydrogen) atoms. The fraction of sp³-hybridized carbons (Fsp3) is 0.133. The molecule has 6 heteroatoms. The molecule has 0 aliphatic carbocycles. The lowest BCUT2D eigenvalue weighted by Gasteiger charge is -2.17. The molecule has 0 radical (unpaired) electrons. The summed E-state index contributed by atoms with van der Waals surface area (Å²) in [5, 5.41) is 10.6. The predicted molar refractivity (Wildman–Crippen MR) is 74.9 cm³/mol. The maximum Gasteiger partial charge on any atom is 0.304 e. The number of benzene rings is 2. The molecule has 1 aliphatic rings. The van der Waals surface area contributed by atoms with Crippen LogP contribution in [0.2, 0.25) is 0 Å². The smallest absolute Gasteiger partial charge is 0.304 e. The monoisotopic (exact) mass is 286 g/mol. The SMILES string of the molecule is O=C(c1ccc([N+](=O)[O-])c(F)c1)N1CCc2ccccc21. The minimum Gasteiger partial charge on any atom is -0.308 e. The summed E-state index contributed by atoms with van der Waals surface area (Å²) in [6.45, 7) is 0.525. The molecule has 0 fully saturated rings. The highest BCUT2D eigenvalue weighted by Crippen LogP contribution is 2.29. The summed E-state index contributed by atoms with van der Waals surface area (Å²) in [6.07, 6.45) is 0.747. The van der Waals surface area contributed by atoms with Crippen molar-refractivity contribution in [2.75, 3.05) is 11.4 Å². The second-order valence-electron chi connectivity index (χ2n) is 4.76. The number of rotatable bonds is 2. The van der Waals surface area contributed by atoms with Crippen LogP contribution in [0.5, 0.6) is 0 Å². The number of anilines is 1. The van der Waals surface area contributed by atoms with E-state index in [1.807, 2.05) is 24.3 Å². The van der Waals surface area contributed by atoms with Gasteiger partial charge in [0.2, 0.25) is 5.82 Å².